The van der Waals surface area contributed by atoms with E-state index in [-0.39, 0.29) is 5.75 Å². The molecule has 0 atom stereocenters. The van der Waals surface area contributed by atoms with E-state index in [1.807, 2.05) is 0 Å². The Bertz CT molecular complexity index is 602. The zero-order chi connectivity index (χ0) is 19.7. The van der Waals surface area contributed by atoms with Gasteiger partial charge in [-0.3, -0.25) is 0 Å². The third-order valence-corrected chi connectivity index (χ3v) is 5.33. The molecule has 0 radical (unpaired) electrons. The first-order chi connectivity index (χ1) is 12.9. The Morgan fingerprint density at radius 1 is 1.15 bits per heavy atom. The highest BCUT2D eigenvalue weighted by atomic mass is 19.3. The van der Waals surface area contributed by atoms with E-state index >= 15 is 0 Å². The Labute approximate surface area is 160 Å². The third kappa shape index (κ3) is 7.31. The highest BCUT2D eigenvalue weighted by Gasteiger charge is 2.43. The van der Waals surface area contributed by atoms with Gasteiger partial charge in [0.05, 0.1) is 11.9 Å². The van der Waals surface area contributed by atoms with Gasteiger partial charge in [-0.1, -0.05) is 57.2 Å². The molecule has 1 fully saturated rings. The van der Waals surface area contributed by atoms with Gasteiger partial charge in [-0.2, -0.15) is 8.78 Å². The second kappa shape index (κ2) is 10.4. The van der Waals surface area contributed by atoms with Crippen LogP contribution in [-0.2, 0) is 4.79 Å². The molecule has 0 unspecified atom stereocenters. The van der Waals surface area contributed by atoms with Gasteiger partial charge in [0.1, 0.15) is 5.75 Å². The lowest BCUT2D eigenvalue weighted by molar-refractivity contribution is -0.297. The SMILES string of the molecule is CCCCCCC1CCC(C(F)(F)Oc2ccc(C=CC(=O)[O-])cc2)CC1. The van der Waals surface area contributed by atoms with Crippen LogP contribution in [0.4, 0.5) is 8.78 Å². The number of carbonyl (C=O) groups is 1. The van der Waals surface area contributed by atoms with E-state index in [1.165, 1.54) is 56.0 Å². The smallest absolute Gasteiger partial charge is 0.400 e. The molecule has 5 heteroatoms. The fourth-order valence-electron chi connectivity index (χ4n) is 3.70. The first kappa shape index (κ1) is 21.4. The maximum atomic E-state index is 14.5. The first-order valence-electron chi connectivity index (χ1n) is 9.96. The van der Waals surface area contributed by atoms with Gasteiger partial charge in [0.25, 0.3) is 0 Å². The topological polar surface area (TPSA) is 49.4 Å². The van der Waals surface area contributed by atoms with Crippen molar-refractivity contribution in [1.82, 2.24) is 0 Å². The van der Waals surface area contributed by atoms with Gasteiger partial charge in [-0.05, 0) is 55.4 Å². The molecule has 1 aromatic rings. The number of alkyl halides is 2. The molecular weight excluding hydrogens is 350 g/mol. The molecule has 1 aliphatic carbocycles. The molecule has 0 aromatic heterocycles. The number of carboxylic acid groups (broad SMARTS) is 1. The monoisotopic (exact) mass is 379 g/mol. The number of ether oxygens (including phenoxy) is 1. The number of halogens is 2. The summed E-state index contributed by atoms with van der Waals surface area (Å²) in [6.45, 7) is 2.19. The van der Waals surface area contributed by atoms with Crippen molar-refractivity contribution in [2.24, 2.45) is 11.8 Å². The molecule has 1 aliphatic rings. The second-order valence-corrected chi connectivity index (χ2v) is 7.45. The van der Waals surface area contributed by atoms with Gasteiger partial charge >= 0.3 is 6.11 Å². The molecule has 0 amide bonds. The minimum absolute atomic E-state index is 0.0901. The molecule has 27 heavy (non-hydrogen) atoms. The third-order valence-electron chi connectivity index (χ3n) is 5.33. The van der Waals surface area contributed by atoms with E-state index in [2.05, 4.69) is 6.92 Å². The predicted octanol–water partition coefficient (Wildman–Crippen LogP) is 5.20. The molecule has 0 spiro atoms. The Morgan fingerprint density at radius 3 is 2.41 bits per heavy atom. The van der Waals surface area contributed by atoms with Crippen LogP contribution in [-0.4, -0.2) is 12.1 Å². The molecule has 0 saturated heterocycles. The predicted molar refractivity (Wildman–Crippen MR) is 100 cm³/mol. The number of aliphatic carboxylic acids is 1. The minimum atomic E-state index is -3.18. The van der Waals surface area contributed by atoms with Crippen molar-refractivity contribution in [2.45, 2.75) is 70.8 Å². The minimum Gasteiger partial charge on any atom is -0.545 e. The van der Waals surface area contributed by atoms with Crippen molar-refractivity contribution >= 4 is 12.0 Å². The number of carbonyl (C=O) groups excluding carboxylic acids is 1. The molecule has 1 saturated carbocycles. The van der Waals surface area contributed by atoms with Gasteiger partial charge in [-0.15, -0.1) is 0 Å². The highest BCUT2D eigenvalue weighted by Crippen LogP contribution is 2.41. The number of carboxylic acids is 1. The number of hydrogen-bond acceptors (Lipinski definition) is 3. The van der Waals surface area contributed by atoms with E-state index in [0.717, 1.165) is 25.3 Å². The van der Waals surface area contributed by atoms with Crippen LogP contribution in [0, 0.1) is 11.8 Å². The van der Waals surface area contributed by atoms with Gasteiger partial charge in [0.2, 0.25) is 0 Å². The lowest BCUT2D eigenvalue weighted by Crippen LogP contribution is -2.37. The highest BCUT2D eigenvalue weighted by molar-refractivity contribution is 5.83. The van der Waals surface area contributed by atoms with Crippen molar-refractivity contribution in [2.75, 3.05) is 0 Å². The van der Waals surface area contributed by atoms with Crippen LogP contribution in [0.1, 0.15) is 70.3 Å². The molecule has 0 aliphatic heterocycles. The van der Waals surface area contributed by atoms with Crippen molar-refractivity contribution in [3.8, 4) is 5.75 Å². The average Bonchev–Trinajstić information content (AvgIpc) is 2.65. The molecule has 1 aromatic carbocycles. The molecule has 0 heterocycles. The second-order valence-electron chi connectivity index (χ2n) is 7.45. The van der Waals surface area contributed by atoms with Crippen molar-refractivity contribution < 1.29 is 23.4 Å². The van der Waals surface area contributed by atoms with E-state index in [0.29, 0.717) is 24.3 Å². The molecule has 150 valence electrons. The standard InChI is InChI=1S/C22H30F2O3/c1-2-3-4-5-6-17-7-12-19(13-8-17)22(23,24)27-20-14-9-18(10-15-20)11-16-21(25)26/h9-11,14-17,19H,2-8,12-13H2,1H3,(H,25,26)/p-1. The van der Waals surface area contributed by atoms with Crippen LogP contribution >= 0.6 is 0 Å². The maximum absolute atomic E-state index is 14.5. The number of rotatable bonds is 10. The zero-order valence-corrected chi connectivity index (χ0v) is 16.0. The summed E-state index contributed by atoms with van der Waals surface area (Å²) in [6, 6.07) is 5.95. The van der Waals surface area contributed by atoms with Crippen LogP contribution < -0.4 is 9.84 Å². The Kier molecular flexibility index (Phi) is 8.26. The Balaban J connectivity index is 1.81. The lowest BCUT2D eigenvalue weighted by atomic mass is 9.79. The van der Waals surface area contributed by atoms with Crippen LogP contribution in [0.5, 0.6) is 5.75 Å². The first-order valence-corrected chi connectivity index (χ1v) is 9.96. The summed E-state index contributed by atoms with van der Waals surface area (Å²) in [4.78, 5) is 10.4. The summed E-state index contributed by atoms with van der Waals surface area (Å²) in [5.41, 5.74) is 0.582. The Morgan fingerprint density at radius 2 is 1.81 bits per heavy atom. The average molecular weight is 379 g/mol. The van der Waals surface area contributed by atoms with Crippen LogP contribution in [0.3, 0.4) is 0 Å². The molecular formula is C22H29F2O3-. The summed E-state index contributed by atoms with van der Waals surface area (Å²) in [6.07, 6.45) is 7.81. The quantitative estimate of drug-likeness (QED) is 0.415. The van der Waals surface area contributed by atoms with Crippen molar-refractivity contribution in [1.29, 1.82) is 0 Å². The van der Waals surface area contributed by atoms with E-state index < -0.39 is 18.0 Å². The summed E-state index contributed by atoms with van der Waals surface area (Å²) in [7, 11) is 0. The van der Waals surface area contributed by atoms with E-state index in [4.69, 9.17) is 4.74 Å². The van der Waals surface area contributed by atoms with Gasteiger partial charge < -0.3 is 14.6 Å². The van der Waals surface area contributed by atoms with E-state index in [1.54, 1.807) is 0 Å². The van der Waals surface area contributed by atoms with Crippen LogP contribution in [0.25, 0.3) is 6.08 Å². The number of unbranched alkanes of at least 4 members (excludes halogenated alkanes) is 3. The number of benzene rings is 1. The number of hydrogen-bond donors (Lipinski definition) is 0. The normalized spacial score (nSPS) is 20.7. The lowest BCUT2D eigenvalue weighted by Gasteiger charge is -2.33. The van der Waals surface area contributed by atoms with E-state index in [9.17, 15) is 18.7 Å². The zero-order valence-electron chi connectivity index (χ0n) is 16.0. The molecule has 0 N–H and O–H groups in total. The summed E-state index contributed by atoms with van der Waals surface area (Å²) < 4.78 is 34.0. The fraction of sp³-hybridized carbons (Fsp3) is 0.591. The maximum Gasteiger partial charge on any atom is 0.400 e. The Hall–Kier alpha value is -1.91. The molecule has 3 nitrogen and oxygen atoms in total. The summed E-state index contributed by atoms with van der Waals surface area (Å²) in [5.74, 6) is -1.39. The summed E-state index contributed by atoms with van der Waals surface area (Å²) >= 11 is 0. The van der Waals surface area contributed by atoms with Crippen LogP contribution in [0.15, 0.2) is 30.3 Å². The van der Waals surface area contributed by atoms with Gasteiger partial charge in [0, 0.05) is 0 Å². The van der Waals surface area contributed by atoms with Crippen molar-refractivity contribution in [3.05, 3.63) is 35.9 Å². The largest absolute Gasteiger partial charge is 0.545 e. The van der Waals surface area contributed by atoms with Gasteiger partial charge in [-0.25, -0.2) is 0 Å². The molecule has 2 rings (SSSR count). The molecule has 0 bridgehead atoms. The van der Waals surface area contributed by atoms with Crippen LogP contribution in [0.2, 0.25) is 0 Å². The van der Waals surface area contributed by atoms with Gasteiger partial charge in [0.15, 0.2) is 0 Å². The summed E-state index contributed by atoms with van der Waals surface area (Å²) in [5, 5.41) is 10.4. The fourth-order valence-corrected chi connectivity index (χ4v) is 3.70. The van der Waals surface area contributed by atoms with Crippen molar-refractivity contribution in [3.63, 3.8) is 0 Å².